The molecule has 1 nitrogen and oxygen atoms in total. The fourth-order valence-corrected chi connectivity index (χ4v) is 2.34. The van der Waals surface area contributed by atoms with Crippen LogP contribution in [-0.4, -0.2) is 4.98 Å². The highest BCUT2D eigenvalue weighted by Crippen LogP contribution is 2.36. The van der Waals surface area contributed by atoms with Crippen LogP contribution in [0.3, 0.4) is 0 Å². The summed E-state index contributed by atoms with van der Waals surface area (Å²) < 4.78 is 52.8. The van der Waals surface area contributed by atoms with E-state index in [2.05, 4.69) is 4.98 Å². The second-order valence-electron chi connectivity index (χ2n) is 5.08. The summed E-state index contributed by atoms with van der Waals surface area (Å²) in [7, 11) is 0. The molecule has 0 radical (unpaired) electrons. The van der Waals surface area contributed by atoms with Gasteiger partial charge in [-0.1, -0.05) is 12.1 Å². The van der Waals surface area contributed by atoms with Crippen molar-refractivity contribution in [1.82, 2.24) is 4.98 Å². The highest BCUT2D eigenvalue weighted by molar-refractivity contribution is 5.86. The molecule has 112 valence electrons. The maximum atomic E-state index is 13.3. The lowest BCUT2D eigenvalue weighted by atomic mass is 10.0. The SMILES string of the molecule is Cc1ccc2c(C(F)(F)F)cc(-c3ccc(F)cc3)nc2c1. The highest BCUT2D eigenvalue weighted by atomic mass is 19.4. The van der Waals surface area contributed by atoms with Gasteiger partial charge in [0.25, 0.3) is 0 Å². The number of aromatic nitrogens is 1. The summed E-state index contributed by atoms with van der Waals surface area (Å²) in [5, 5.41) is 0.0592. The molecule has 0 saturated heterocycles. The molecule has 0 amide bonds. The van der Waals surface area contributed by atoms with Crippen molar-refractivity contribution in [1.29, 1.82) is 0 Å². The Morgan fingerprint density at radius 1 is 0.909 bits per heavy atom. The fourth-order valence-electron chi connectivity index (χ4n) is 2.34. The Morgan fingerprint density at radius 3 is 2.23 bits per heavy atom. The zero-order chi connectivity index (χ0) is 15.9. The second-order valence-corrected chi connectivity index (χ2v) is 5.08. The number of nitrogens with zero attached hydrogens (tertiary/aromatic N) is 1. The normalized spacial score (nSPS) is 11.9. The van der Waals surface area contributed by atoms with Crippen molar-refractivity contribution in [3.63, 3.8) is 0 Å². The summed E-state index contributed by atoms with van der Waals surface area (Å²) in [6.07, 6.45) is -4.48. The van der Waals surface area contributed by atoms with Gasteiger partial charge in [0.1, 0.15) is 5.82 Å². The molecule has 0 aliphatic rings. The van der Waals surface area contributed by atoms with Crippen LogP contribution >= 0.6 is 0 Å². The van der Waals surface area contributed by atoms with Gasteiger partial charge in [0.2, 0.25) is 0 Å². The van der Waals surface area contributed by atoms with Crippen LogP contribution in [0.2, 0.25) is 0 Å². The maximum absolute atomic E-state index is 13.3. The molecule has 0 atom stereocenters. The van der Waals surface area contributed by atoms with E-state index in [1.807, 2.05) is 0 Å². The number of pyridine rings is 1. The Labute approximate surface area is 124 Å². The molecule has 0 N–H and O–H groups in total. The summed E-state index contributed by atoms with van der Waals surface area (Å²) in [5.41, 5.74) is 0.969. The first kappa shape index (κ1) is 14.5. The smallest absolute Gasteiger partial charge is 0.248 e. The van der Waals surface area contributed by atoms with Crippen molar-refractivity contribution < 1.29 is 17.6 Å². The fraction of sp³-hybridized carbons (Fsp3) is 0.118. The van der Waals surface area contributed by atoms with Gasteiger partial charge in [-0.15, -0.1) is 0 Å². The lowest BCUT2D eigenvalue weighted by molar-refractivity contribution is -0.136. The number of hydrogen-bond acceptors (Lipinski definition) is 1. The number of fused-ring (bicyclic) bond motifs is 1. The number of alkyl halides is 3. The number of benzene rings is 2. The summed E-state index contributed by atoms with van der Waals surface area (Å²) in [6, 6.07) is 10.9. The monoisotopic (exact) mass is 305 g/mol. The third-order valence-corrected chi connectivity index (χ3v) is 3.41. The molecular weight excluding hydrogens is 294 g/mol. The first-order valence-corrected chi connectivity index (χ1v) is 6.59. The van der Waals surface area contributed by atoms with E-state index in [0.717, 1.165) is 11.6 Å². The van der Waals surface area contributed by atoms with Crippen LogP contribution in [0.1, 0.15) is 11.1 Å². The van der Waals surface area contributed by atoms with Gasteiger partial charge in [0, 0.05) is 10.9 Å². The zero-order valence-electron chi connectivity index (χ0n) is 11.6. The quantitative estimate of drug-likeness (QED) is 0.551. The maximum Gasteiger partial charge on any atom is 0.417 e. The van der Waals surface area contributed by atoms with Crippen LogP contribution in [0.4, 0.5) is 17.6 Å². The van der Waals surface area contributed by atoms with Crippen molar-refractivity contribution in [3.8, 4) is 11.3 Å². The molecule has 22 heavy (non-hydrogen) atoms. The minimum Gasteiger partial charge on any atom is -0.248 e. The minimum atomic E-state index is -4.48. The molecule has 1 aromatic heterocycles. The zero-order valence-corrected chi connectivity index (χ0v) is 11.6. The molecular formula is C17H11F4N. The second kappa shape index (κ2) is 5.09. The van der Waals surface area contributed by atoms with Gasteiger partial charge in [-0.05, 0) is 48.9 Å². The lowest BCUT2D eigenvalue weighted by Crippen LogP contribution is -2.07. The van der Waals surface area contributed by atoms with Gasteiger partial charge >= 0.3 is 6.18 Å². The molecule has 3 aromatic rings. The Balaban J connectivity index is 2.30. The van der Waals surface area contributed by atoms with Crippen LogP contribution in [0.15, 0.2) is 48.5 Å². The summed E-state index contributed by atoms with van der Waals surface area (Å²) >= 11 is 0. The van der Waals surface area contributed by atoms with Gasteiger partial charge in [-0.25, -0.2) is 9.37 Å². The Kier molecular flexibility index (Phi) is 3.35. The average molecular weight is 305 g/mol. The van der Waals surface area contributed by atoms with Gasteiger partial charge in [-0.3, -0.25) is 0 Å². The molecule has 0 unspecified atom stereocenters. The lowest BCUT2D eigenvalue weighted by Gasteiger charge is -2.13. The van der Waals surface area contributed by atoms with E-state index in [1.165, 1.54) is 30.3 Å². The van der Waals surface area contributed by atoms with Crippen LogP contribution in [0, 0.1) is 12.7 Å². The Morgan fingerprint density at radius 2 is 1.59 bits per heavy atom. The standard InChI is InChI=1S/C17H11F4N/c1-10-2-7-13-14(17(19,20)21)9-15(22-16(13)8-10)11-3-5-12(18)6-4-11/h2-9H,1H3. The predicted octanol–water partition coefficient (Wildman–Crippen LogP) is 5.37. The molecule has 0 aliphatic carbocycles. The van der Waals surface area contributed by atoms with E-state index < -0.39 is 17.6 Å². The molecule has 0 spiro atoms. The van der Waals surface area contributed by atoms with E-state index in [0.29, 0.717) is 5.56 Å². The number of rotatable bonds is 1. The first-order valence-electron chi connectivity index (χ1n) is 6.59. The average Bonchev–Trinajstić information content (AvgIpc) is 2.45. The molecule has 0 aliphatic heterocycles. The van der Waals surface area contributed by atoms with Crippen molar-refractivity contribution in [2.24, 2.45) is 0 Å². The van der Waals surface area contributed by atoms with E-state index in [1.54, 1.807) is 19.1 Å². The van der Waals surface area contributed by atoms with Crippen LogP contribution < -0.4 is 0 Å². The molecule has 1 heterocycles. The number of halogens is 4. The van der Waals surface area contributed by atoms with Gasteiger partial charge in [0.05, 0.1) is 16.8 Å². The van der Waals surface area contributed by atoms with Crippen LogP contribution in [0.25, 0.3) is 22.2 Å². The van der Waals surface area contributed by atoms with Gasteiger partial charge in [0.15, 0.2) is 0 Å². The van der Waals surface area contributed by atoms with Gasteiger partial charge in [-0.2, -0.15) is 13.2 Å². The van der Waals surface area contributed by atoms with Crippen molar-refractivity contribution in [3.05, 3.63) is 65.5 Å². The number of hydrogen-bond donors (Lipinski definition) is 0. The topological polar surface area (TPSA) is 12.9 Å². The molecule has 5 heteroatoms. The minimum absolute atomic E-state index is 0.0592. The Bertz CT molecular complexity index is 836. The van der Waals surface area contributed by atoms with E-state index in [4.69, 9.17) is 0 Å². The third kappa shape index (κ3) is 2.66. The van der Waals surface area contributed by atoms with Crippen molar-refractivity contribution >= 4 is 10.9 Å². The summed E-state index contributed by atoms with van der Waals surface area (Å²) in [4.78, 5) is 4.29. The highest BCUT2D eigenvalue weighted by Gasteiger charge is 2.33. The molecule has 0 bridgehead atoms. The largest absolute Gasteiger partial charge is 0.417 e. The Hall–Kier alpha value is -2.43. The molecule has 0 saturated carbocycles. The summed E-state index contributed by atoms with van der Waals surface area (Å²) in [6.45, 7) is 1.79. The van der Waals surface area contributed by atoms with Crippen LogP contribution in [0.5, 0.6) is 0 Å². The summed E-state index contributed by atoms with van der Waals surface area (Å²) in [5.74, 6) is -0.448. The molecule has 3 rings (SSSR count). The predicted molar refractivity (Wildman–Crippen MR) is 76.9 cm³/mol. The molecule has 2 aromatic carbocycles. The molecule has 0 fully saturated rings. The van der Waals surface area contributed by atoms with Crippen LogP contribution in [-0.2, 0) is 6.18 Å². The first-order chi connectivity index (χ1) is 10.3. The van der Waals surface area contributed by atoms with Crippen molar-refractivity contribution in [2.75, 3.05) is 0 Å². The van der Waals surface area contributed by atoms with Crippen molar-refractivity contribution in [2.45, 2.75) is 13.1 Å². The van der Waals surface area contributed by atoms with E-state index in [-0.39, 0.29) is 16.6 Å². The van der Waals surface area contributed by atoms with E-state index >= 15 is 0 Å². The van der Waals surface area contributed by atoms with E-state index in [9.17, 15) is 17.6 Å². The third-order valence-electron chi connectivity index (χ3n) is 3.41. The number of aryl methyl sites for hydroxylation is 1. The van der Waals surface area contributed by atoms with Gasteiger partial charge < -0.3 is 0 Å².